The summed E-state index contributed by atoms with van der Waals surface area (Å²) < 4.78 is 1.80. The molecule has 0 saturated carbocycles. The summed E-state index contributed by atoms with van der Waals surface area (Å²) in [6.45, 7) is 2.09. The van der Waals surface area contributed by atoms with Crippen LogP contribution in [-0.2, 0) is 11.3 Å². The topological polar surface area (TPSA) is 89.5 Å². The quantitative estimate of drug-likeness (QED) is 0.394. The number of nitro benzene ring substituents is 1. The molecule has 134 valence electrons. The molecule has 0 saturated heterocycles. The molecule has 0 aliphatic carbocycles. The molecule has 2 aromatic heterocycles. The number of imidazole rings is 1. The Labute approximate surface area is 158 Å². The molecule has 3 rings (SSSR count). The number of nitrogens with zero attached hydrogens (tertiary/aromatic N) is 3. The maximum Gasteiger partial charge on any atom is 0.269 e. The Kier molecular flexibility index (Phi) is 5.43. The van der Waals surface area contributed by atoms with Crippen LogP contribution in [0.2, 0.25) is 5.02 Å². The molecule has 0 radical (unpaired) electrons. The summed E-state index contributed by atoms with van der Waals surface area (Å²) in [6.07, 6.45) is 3.57. The van der Waals surface area contributed by atoms with Gasteiger partial charge in [0.05, 0.1) is 27.4 Å². The number of amides is 1. The highest BCUT2D eigenvalue weighted by atomic mass is 35.5. The van der Waals surface area contributed by atoms with E-state index in [0.29, 0.717) is 11.6 Å². The second-order valence-electron chi connectivity index (χ2n) is 5.57. The maximum absolute atomic E-state index is 12.3. The number of carbonyl (C=O) groups is 1. The summed E-state index contributed by atoms with van der Waals surface area (Å²) in [4.78, 5) is 27.7. The highest BCUT2D eigenvalue weighted by Crippen LogP contribution is 2.25. The lowest BCUT2D eigenvalue weighted by Gasteiger charge is -2.11. The normalized spacial score (nSPS) is 12.1. The van der Waals surface area contributed by atoms with Gasteiger partial charge in [-0.3, -0.25) is 14.9 Å². The van der Waals surface area contributed by atoms with E-state index in [0.717, 1.165) is 16.2 Å². The summed E-state index contributed by atoms with van der Waals surface area (Å²) in [6, 6.07) is 9.69. The molecule has 1 unspecified atom stereocenters. The number of pyridine rings is 1. The average molecular weight is 391 g/mol. The molecule has 26 heavy (non-hydrogen) atoms. The number of hydrogen-bond donors (Lipinski definition) is 1. The van der Waals surface area contributed by atoms with E-state index in [4.69, 9.17) is 11.6 Å². The molecule has 2 heterocycles. The van der Waals surface area contributed by atoms with Crippen molar-refractivity contribution < 1.29 is 9.72 Å². The predicted octanol–water partition coefficient (Wildman–Crippen LogP) is 3.69. The fourth-order valence-electron chi connectivity index (χ4n) is 2.33. The summed E-state index contributed by atoms with van der Waals surface area (Å²) in [7, 11) is 0. The van der Waals surface area contributed by atoms with Gasteiger partial charge in [0.15, 0.2) is 0 Å². The van der Waals surface area contributed by atoms with Crippen LogP contribution in [0.25, 0.3) is 5.65 Å². The van der Waals surface area contributed by atoms with Crippen LogP contribution < -0.4 is 5.32 Å². The van der Waals surface area contributed by atoms with Crippen molar-refractivity contribution in [1.29, 1.82) is 0 Å². The fourth-order valence-corrected chi connectivity index (χ4v) is 3.39. The van der Waals surface area contributed by atoms with Gasteiger partial charge in [0.1, 0.15) is 5.65 Å². The first-order valence-electron chi connectivity index (χ1n) is 7.74. The summed E-state index contributed by atoms with van der Waals surface area (Å²) in [5.74, 6) is -0.136. The molecular weight excluding hydrogens is 376 g/mol. The predicted molar refractivity (Wildman–Crippen MR) is 100 cm³/mol. The number of nitro groups is 1. The summed E-state index contributed by atoms with van der Waals surface area (Å²) >= 11 is 7.28. The van der Waals surface area contributed by atoms with Gasteiger partial charge in [0, 0.05) is 29.4 Å². The van der Waals surface area contributed by atoms with Gasteiger partial charge in [0.2, 0.25) is 5.91 Å². The minimum Gasteiger partial charge on any atom is -0.349 e. The molecule has 0 aliphatic rings. The number of benzene rings is 1. The Morgan fingerprint density at radius 2 is 2.04 bits per heavy atom. The third-order valence-electron chi connectivity index (χ3n) is 3.64. The molecule has 1 aromatic carbocycles. The standard InChI is InChI=1S/C17H15ClN4O3S/c1-11(26-15-5-3-14(4-6-15)22(24)25)17(23)19-8-13-10-21-9-12(18)2-7-16(21)20-13/h2-7,9-11H,8H2,1H3,(H,19,23). The second kappa shape index (κ2) is 7.76. The number of aromatic nitrogens is 2. The van der Waals surface area contributed by atoms with Crippen molar-refractivity contribution in [3.8, 4) is 0 Å². The van der Waals surface area contributed by atoms with E-state index in [1.807, 2.05) is 6.20 Å². The number of non-ortho nitro benzene ring substituents is 1. The Morgan fingerprint density at radius 3 is 2.73 bits per heavy atom. The van der Waals surface area contributed by atoms with Gasteiger partial charge in [-0.1, -0.05) is 11.6 Å². The number of rotatable bonds is 6. The maximum atomic E-state index is 12.3. The van der Waals surface area contributed by atoms with Crippen LogP contribution in [0.3, 0.4) is 0 Å². The van der Waals surface area contributed by atoms with Crippen LogP contribution >= 0.6 is 23.4 Å². The number of thioether (sulfide) groups is 1. The first kappa shape index (κ1) is 18.2. The second-order valence-corrected chi connectivity index (χ2v) is 7.42. The van der Waals surface area contributed by atoms with Crippen LogP contribution in [-0.4, -0.2) is 25.5 Å². The Bertz CT molecular complexity index is 958. The molecule has 1 amide bonds. The molecule has 0 spiro atoms. The molecular formula is C17H15ClN4O3S. The van der Waals surface area contributed by atoms with Crippen LogP contribution in [0.5, 0.6) is 0 Å². The molecule has 0 fully saturated rings. The lowest BCUT2D eigenvalue weighted by molar-refractivity contribution is -0.384. The van der Waals surface area contributed by atoms with Gasteiger partial charge < -0.3 is 9.72 Å². The van der Waals surface area contributed by atoms with Crippen molar-refractivity contribution in [2.24, 2.45) is 0 Å². The molecule has 1 atom stereocenters. The third-order valence-corrected chi connectivity index (χ3v) is 4.97. The van der Waals surface area contributed by atoms with E-state index >= 15 is 0 Å². The van der Waals surface area contributed by atoms with E-state index in [-0.39, 0.29) is 16.8 Å². The number of halogens is 1. The van der Waals surface area contributed by atoms with E-state index in [9.17, 15) is 14.9 Å². The van der Waals surface area contributed by atoms with Gasteiger partial charge >= 0.3 is 0 Å². The van der Waals surface area contributed by atoms with Crippen molar-refractivity contribution in [2.45, 2.75) is 23.6 Å². The summed E-state index contributed by atoms with van der Waals surface area (Å²) in [5.41, 5.74) is 1.51. The van der Waals surface area contributed by atoms with Crippen LogP contribution in [0.15, 0.2) is 53.7 Å². The zero-order chi connectivity index (χ0) is 18.7. The van der Waals surface area contributed by atoms with Gasteiger partial charge in [-0.15, -0.1) is 11.8 Å². The molecule has 0 bridgehead atoms. The Morgan fingerprint density at radius 1 is 1.31 bits per heavy atom. The first-order chi connectivity index (χ1) is 12.4. The number of nitrogens with one attached hydrogen (secondary N) is 1. The van der Waals surface area contributed by atoms with Crippen molar-refractivity contribution >= 4 is 40.6 Å². The largest absolute Gasteiger partial charge is 0.349 e. The molecule has 7 nitrogen and oxygen atoms in total. The third kappa shape index (κ3) is 4.33. The monoisotopic (exact) mass is 390 g/mol. The van der Waals surface area contributed by atoms with Crippen LogP contribution in [0.4, 0.5) is 5.69 Å². The molecule has 3 aromatic rings. The zero-order valence-corrected chi connectivity index (χ0v) is 15.3. The Balaban J connectivity index is 1.57. The van der Waals surface area contributed by atoms with Crippen molar-refractivity contribution in [1.82, 2.24) is 14.7 Å². The van der Waals surface area contributed by atoms with Crippen molar-refractivity contribution in [3.63, 3.8) is 0 Å². The molecule has 9 heteroatoms. The summed E-state index contributed by atoms with van der Waals surface area (Å²) in [5, 5.41) is 13.8. The van der Waals surface area contributed by atoms with E-state index in [1.54, 1.807) is 41.8 Å². The lowest BCUT2D eigenvalue weighted by atomic mass is 10.3. The van der Waals surface area contributed by atoms with Gasteiger partial charge in [-0.25, -0.2) is 4.98 Å². The van der Waals surface area contributed by atoms with Crippen LogP contribution in [0.1, 0.15) is 12.6 Å². The smallest absolute Gasteiger partial charge is 0.269 e. The molecule has 1 N–H and O–H groups in total. The zero-order valence-electron chi connectivity index (χ0n) is 13.8. The number of hydrogen-bond acceptors (Lipinski definition) is 5. The van der Waals surface area contributed by atoms with Crippen LogP contribution in [0, 0.1) is 10.1 Å². The number of carbonyl (C=O) groups excluding carboxylic acids is 1. The minimum absolute atomic E-state index is 0.0263. The number of fused-ring (bicyclic) bond motifs is 1. The van der Waals surface area contributed by atoms with Crippen molar-refractivity contribution in [2.75, 3.05) is 0 Å². The highest BCUT2D eigenvalue weighted by Gasteiger charge is 2.15. The Hall–Kier alpha value is -2.58. The lowest BCUT2D eigenvalue weighted by Crippen LogP contribution is -2.30. The van der Waals surface area contributed by atoms with Crippen molar-refractivity contribution in [3.05, 3.63) is 69.6 Å². The SMILES string of the molecule is CC(Sc1ccc([N+](=O)[O-])cc1)C(=O)NCc1cn2cc(Cl)ccc2n1. The van der Waals surface area contributed by atoms with E-state index < -0.39 is 4.92 Å². The minimum atomic E-state index is -0.452. The van der Waals surface area contributed by atoms with E-state index in [2.05, 4.69) is 10.3 Å². The van der Waals surface area contributed by atoms with Gasteiger partial charge in [0.25, 0.3) is 5.69 Å². The van der Waals surface area contributed by atoms with E-state index in [1.165, 1.54) is 23.9 Å². The molecule has 0 aliphatic heterocycles. The average Bonchev–Trinajstić information content (AvgIpc) is 3.02. The van der Waals surface area contributed by atoms with Gasteiger partial charge in [-0.05, 0) is 31.2 Å². The van der Waals surface area contributed by atoms with Gasteiger partial charge in [-0.2, -0.15) is 0 Å². The first-order valence-corrected chi connectivity index (χ1v) is 9.00. The fraction of sp³-hybridized carbons (Fsp3) is 0.176. The highest BCUT2D eigenvalue weighted by molar-refractivity contribution is 8.00.